The minimum absolute atomic E-state index is 0.238. The smallest absolute Gasteiger partial charge is 0.372 e. The third-order valence-electron chi connectivity index (χ3n) is 0.990. The molecule has 2 N–H and O–H groups in total. The van der Waals surface area contributed by atoms with Crippen LogP contribution in [0.25, 0.3) is 0 Å². The highest BCUT2D eigenvalue weighted by Gasteiger charge is 2.24. The fourth-order valence-corrected chi connectivity index (χ4v) is 0.506. The molecular weight excluding hydrogens is 184 g/mol. The van der Waals surface area contributed by atoms with Crippen molar-refractivity contribution in [3.8, 4) is 0 Å². The molecule has 0 radical (unpaired) electrons. The predicted octanol–water partition coefficient (Wildman–Crippen LogP) is -1.34. The molecule has 0 aliphatic heterocycles. The lowest BCUT2D eigenvalue weighted by Gasteiger charge is -2.08. The molecule has 0 aromatic carbocycles. The summed E-state index contributed by atoms with van der Waals surface area (Å²) in [6, 6.07) is 0. The standard InChI is InChI=1S/C6H6O7/c7-2-5(10)13-3(6(11)12)1-4(8)9/h2-3H,1H2,(H,8,9)(H,11,12). The quantitative estimate of drug-likeness (QED) is 0.312. The molecule has 1 atom stereocenters. The van der Waals surface area contributed by atoms with Gasteiger partial charge in [0.05, 0.1) is 6.42 Å². The molecule has 0 rings (SSSR count). The molecule has 0 fully saturated rings. The van der Waals surface area contributed by atoms with Gasteiger partial charge >= 0.3 is 17.9 Å². The number of carboxylic acid groups (broad SMARTS) is 2. The summed E-state index contributed by atoms with van der Waals surface area (Å²) in [5, 5.41) is 16.5. The Morgan fingerprint density at radius 1 is 1.31 bits per heavy atom. The monoisotopic (exact) mass is 190 g/mol. The highest BCUT2D eigenvalue weighted by Crippen LogP contribution is 1.98. The molecule has 1 unspecified atom stereocenters. The van der Waals surface area contributed by atoms with Gasteiger partial charge in [-0.05, 0) is 0 Å². The third-order valence-corrected chi connectivity index (χ3v) is 0.990. The Morgan fingerprint density at radius 2 is 1.85 bits per heavy atom. The Hall–Kier alpha value is -1.92. The van der Waals surface area contributed by atoms with Crippen molar-refractivity contribution >= 4 is 24.2 Å². The van der Waals surface area contributed by atoms with Gasteiger partial charge in [0, 0.05) is 0 Å². The summed E-state index contributed by atoms with van der Waals surface area (Å²) < 4.78 is 3.98. The van der Waals surface area contributed by atoms with Crippen LogP contribution in [0.1, 0.15) is 6.42 Å². The largest absolute Gasteiger partial charge is 0.481 e. The van der Waals surface area contributed by atoms with E-state index in [4.69, 9.17) is 10.2 Å². The Labute approximate surface area is 71.9 Å². The normalized spacial score (nSPS) is 11.4. The van der Waals surface area contributed by atoms with Crippen molar-refractivity contribution in [3.63, 3.8) is 0 Å². The van der Waals surface area contributed by atoms with Crippen LogP contribution in [0.3, 0.4) is 0 Å². The highest BCUT2D eigenvalue weighted by atomic mass is 16.6. The molecule has 72 valence electrons. The first-order valence-corrected chi connectivity index (χ1v) is 3.07. The van der Waals surface area contributed by atoms with Crippen molar-refractivity contribution < 1.29 is 34.1 Å². The van der Waals surface area contributed by atoms with Crippen molar-refractivity contribution in [2.24, 2.45) is 0 Å². The first-order chi connectivity index (χ1) is 5.97. The minimum Gasteiger partial charge on any atom is -0.481 e. The zero-order valence-electron chi connectivity index (χ0n) is 6.30. The highest BCUT2D eigenvalue weighted by molar-refractivity contribution is 6.20. The van der Waals surface area contributed by atoms with E-state index in [2.05, 4.69) is 4.74 Å². The van der Waals surface area contributed by atoms with Crippen LogP contribution in [0.15, 0.2) is 0 Å². The lowest BCUT2D eigenvalue weighted by atomic mass is 10.2. The van der Waals surface area contributed by atoms with Crippen LogP contribution in [0.5, 0.6) is 0 Å². The summed E-state index contributed by atoms with van der Waals surface area (Å²) in [7, 11) is 0. The number of esters is 1. The molecular formula is C6H6O7. The number of hydrogen-bond donors (Lipinski definition) is 2. The third kappa shape index (κ3) is 4.51. The second kappa shape index (κ2) is 4.86. The second-order valence-electron chi connectivity index (χ2n) is 1.98. The lowest BCUT2D eigenvalue weighted by Crippen LogP contribution is -2.29. The van der Waals surface area contributed by atoms with Crippen LogP contribution in [-0.4, -0.2) is 40.5 Å². The van der Waals surface area contributed by atoms with Crippen LogP contribution in [0, 0.1) is 0 Å². The molecule has 7 nitrogen and oxygen atoms in total. The summed E-state index contributed by atoms with van der Waals surface area (Å²) in [6.07, 6.45) is -2.94. The SMILES string of the molecule is O=CC(=O)OC(CC(=O)O)C(=O)O. The zero-order chi connectivity index (χ0) is 10.4. The predicted molar refractivity (Wildman–Crippen MR) is 35.8 cm³/mol. The van der Waals surface area contributed by atoms with Crippen molar-refractivity contribution in [2.45, 2.75) is 12.5 Å². The molecule has 0 aromatic rings. The number of rotatable bonds is 5. The van der Waals surface area contributed by atoms with Gasteiger partial charge < -0.3 is 14.9 Å². The number of ether oxygens (including phenoxy) is 1. The van der Waals surface area contributed by atoms with Crippen molar-refractivity contribution in [1.82, 2.24) is 0 Å². The van der Waals surface area contributed by atoms with E-state index in [1.165, 1.54) is 0 Å². The Bertz CT molecular complexity index is 243. The maximum Gasteiger partial charge on any atom is 0.372 e. The first-order valence-electron chi connectivity index (χ1n) is 3.07. The van der Waals surface area contributed by atoms with Crippen molar-refractivity contribution in [3.05, 3.63) is 0 Å². The summed E-state index contributed by atoms with van der Waals surface area (Å²) in [5.74, 6) is -4.46. The van der Waals surface area contributed by atoms with E-state index >= 15 is 0 Å². The van der Waals surface area contributed by atoms with Gasteiger partial charge in [0.2, 0.25) is 12.4 Å². The van der Waals surface area contributed by atoms with Crippen LogP contribution >= 0.6 is 0 Å². The average Bonchev–Trinajstić information content (AvgIpc) is 2.02. The van der Waals surface area contributed by atoms with E-state index < -0.39 is 30.4 Å². The van der Waals surface area contributed by atoms with Crippen molar-refractivity contribution in [1.29, 1.82) is 0 Å². The van der Waals surface area contributed by atoms with Gasteiger partial charge in [-0.15, -0.1) is 0 Å². The van der Waals surface area contributed by atoms with Crippen LogP contribution in [0.4, 0.5) is 0 Å². The van der Waals surface area contributed by atoms with Gasteiger partial charge in [-0.25, -0.2) is 9.59 Å². The van der Waals surface area contributed by atoms with E-state index in [0.29, 0.717) is 0 Å². The van der Waals surface area contributed by atoms with Gasteiger partial charge in [-0.3, -0.25) is 9.59 Å². The van der Waals surface area contributed by atoms with E-state index in [1.807, 2.05) is 0 Å². The molecule has 0 saturated carbocycles. The number of hydrogen-bond acceptors (Lipinski definition) is 5. The Kier molecular flexibility index (Phi) is 4.14. The van der Waals surface area contributed by atoms with Crippen molar-refractivity contribution in [2.75, 3.05) is 0 Å². The number of aldehydes is 1. The van der Waals surface area contributed by atoms with E-state index in [9.17, 15) is 19.2 Å². The Morgan fingerprint density at radius 3 is 2.15 bits per heavy atom. The van der Waals surface area contributed by atoms with Gasteiger partial charge in [-0.1, -0.05) is 0 Å². The molecule has 0 saturated heterocycles. The number of carbonyl (C=O) groups is 4. The average molecular weight is 190 g/mol. The number of aliphatic carboxylic acids is 2. The molecule has 0 heterocycles. The zero-order valence-corrected chi connectivity index (χ0v) is 6.30. The van der Waals surface area contributed by atoms with E-state index in [-0.39, 0.29) is 6.29 Å². The fourth-order valence-electron chi connectivity index (χ4n) is 0.506. The molecule has 0 aliphatic carbocycles. The number of carboxylic acids is 2. The van der Waals surface area contributed by atoms with E-state index in [1.54, 1.807) is 0 Å². The maximum atomic E-state index is 10.3. The summed E-state index contributed by atoms with van der Waals surface area (Å²) in [5.41, 5.74) is 0. The number of carbonyl (C=O) groups excluding carboxylic acids is 2. The summed E-state index contributed by atoms with van der Waals surface area (Å²) >= 11 is 0. The second-order valence-corrected chi connectivity index (χ2v) is 1.98. The summed E-state index contributed by atoms with van der Waals surface area (Å²) in [6.45, 7) is 0. The molecule has 13 heavy (non-hydrogen) atoms. The summed E-state index contributed by atoms with van der Waals surface area (Å²) in [4.78, 5) is 40.3. The maximum absolute atomic E-state index is 10.3. The first kappa shape index (κ1) is 11.1. The van der Waals surface area contributed by atoms with Crippen LogP contribution < -0.4 is 0 Å². The lowest BCUT2D eigenvalue weighted by molar-refractivity contribution is -0.167. The topological polar surface area (TPSA) is 118 Å². The van der Waals surface area contributed by atoms with Gasteiger partial charge in [0.25, 0.3) is 0 Å². The van der Waals surface area contributed by atoms with Crippen LogP contribution in [0.2, 0.25) is 0 Å². The van der Waals surface area contributed by atoms with Gasteiger partial charge in [0.15, 0.2) is 0 Å². The molecule has 7 heteroatoms. The van der Waals surface area contributed by atoms with Gasteiger partial charge in [-0.2, -0.15) is 0 Å². The van der Waals surface area contributed by atoms with E-state index in [0.717, 1.165) is 0 Å². The molecule has 0 spiro atoms. The molecule has 0 amide bonds. The van der Waals surface area contributed by atoms with Gasteiger partial charge in [0.1, 0.15) is 0 Å². The Balaban J connectivity index is 4.26. The minimum atomic E-state index is -1.82. The molecule has 0 aliphatic rings. The van der Waals surface area contributed by atoms with Crippen LogP contribution in [-0.2, 0) is 23.9 Å². The molecule has 0 bridgehead atoms. The fraction of sp³-hybridized carbons (Fsp3) is 0.333. The molecule has 0 aromatic heterocycles.